The largest absolute Gasteiger partial charge is 0.365 e. The van der Waals surface area contributed by atoms with Crippen LogP contribution in [-0.2, 0) is 11.3 Å². The quantitative estimate of drug-likeness (QED) is 0.245. The zero-order valence-electron chi connectivity index (χ0n) is 16.2. The van der Waals surface area contributed by atoms with Crippen molar-refractivity contribution in [2.24, 2.45) is 5.73 Å². The summed E-state index contributed by atoms with van der Waals surface area (Å²) in [4.78, 5) is 22.6. The fourth-order valence-electron chi connectivity index (χ4n) is 2.76. The molecule has 0 unspecified atom stereocenters. The smallest absolute Gasteiger partial charge is 0.270 e. The topological polar surface area (TPSA) is 141 Å². The highest BCUT2D eigenvalue weighted by atomic mass is 35.5. The molecule has 1 aromatic heterocycles. The second-order valence-electron chi connectivity index (χ2n) is 6.18. The van der Waals surface area contributed by atoms with Crippen molar-refractivity contribution < 1.29 is 9.72 Å². The normalized spacial score (nSPS) is 11.2. The van der Waals surface area contributed by atoms with Gasteiger partial charge in [-0.15, -0.1) is 10.2 Å². The average Bonchev–Trinajstić information content (AvgIpc) is 3.15. The zero-order valence-corrected chi connectivity index (χ0v) is 17.7. The van der Waals surface area contributed by atoms with Gasteiger partial charge in [0.25, 0.3) is 11.6 Å². The van der Waals surface area contributed by atoms with Gasteiger partial charge in [0, 0.05) is 34.2 Å². The number of aromatic nitrogens is 3. The van der Waals surface area contributed by atoms with Crippen molar-refractivity contribution in [3.8, 4) is 17.5 Å². The monoisotopic (exact) mass is 454 g/mol. The molecule has 0 radical (unpaired) electrons. The maximum atomic E-state index is 11.5. The molecule has 3 rings (SSSR count). The number of hydrogen-bond acceptors (Lipinski definition) is 7. The summed E-state index contributed by atoms with van der Waals surface area (Å²) in [5.41, 5.74) is 5.79. The molecule has 0 aliphatic carbocycles. The Bertz CT molecular complexity index is 1250. The number of rotatable bonds is 7. The van der Waals surface area contributed by atoms with E-state index < -0.39 is 10.8 Å². The van der Waals surface area contributed by atoms with E-state index in [4.69, 9.17) is 22.6 Å². The van der Waals surface area contributed by atoms with Crippen molar-refractivity contribution >= 4 is 41.0 Å². The molecule has 0 saturated carbocycles. The number of primary amides is 1. The average molecular weight is 455 g/mol. The van der Waals surface area contributed by atoms with Gasteiger partial charge in [-0.25, -0.2) is 0 Å². The first-order valence-corrected chi connectivity index (χ1v) is 10.1. The molecule has 0 aliphatic rings. The number of nitriles is 1. The highest BCUT2D eigenvalue weighted by Crippen LogP contribution is 2.35. The third kappa shape index (κ3) is 4.91. The van der Waals surface area contributed by atoms with E-state index >= 15 is 0 Å². The minimum absolute atomic E-state index is 0.186. The Balaban J connectivity index is 2.08. The van der Waals surface area contributed by atoms with Crippen molar-refractivity contribution in [1.82, 2.24) is 14.8 Å². The molecule has 0 fully saturated rings. The number of nitro benzene ring substituents is 1. The Hall–Kier alpha value is -3.68. The van der Waals surface area contributed by atoms with Gasteiger partial charge in [-0.1, -0.05) is 23.7 Å². The van der Waals surface area contributed by atoms with Gasteiger partial charge in [0.15, 0.2) is 11.0 Å². The second kappa shape index (κ2) is 9.42. The van der Waals surface area contributed by atoms with Crippen molar-refractivity contribution in [3.05, 3.63) is 68.7 Å². The van der Waals surface area contributed by atoms with Gasteiger partial charge < -0.3 is 10.3 Å². The Morgan fingerprint density at radius 3 is 2.74 bits per heavy atom. The second-order valence-corrected chi connectivity index (χ2v) is 7.62. The van der Waals surface area contributed by atoms with Gasteiger partial charge in [-0.2, -0.15) is 5.26 Å². The van der Waals surface area contributed by atoms with Crippen molar-refractivity contribution in [3.63, 3.8) is 0 Å². The molecule has 11 heteroatoms. The molecule has 156 valence electrons. The molecule has 1 amide bonds. The molecule has 0 saturated heterocycles. The fourth-order valence-corrected chi connectivity index (χ4v) is 3.92. The summed E-state index contributed by atoms with van der Waals surface area (Å²) >= 11 is 7.28. The lowest BCUT2D eigenvalue weighted by molar-refractivity contribution is -0.384. The highest BCUT2D eigenvalue weighted by Gasteiger charge is 2.18. The number of nitrogens with zero attached hydrogens (tertiary/aromatic N) is 5. The van der Waals surface area contributed by atoms with Crippen molar-refractivity contribution in [1.29, 1.82) is 5.26 Å². The van der Waals surface area contributed by atoms with Gasteiger partial charge in [0.05, 0.1) is 4.92 Å². The lowest BCUT2D eigenvalue weighted by Crippen LogP contribution is -2.12. The number of nitro groups is 1. The summed E-state index contributed by atoms with van der Waals surface area (Å²) in [5, 5.41) is 29.9. The predicted octanol–water partition coefficient (Wildman–Crippen LogP) is 4.07. The summed E-state index contributed by atoms with van der Waals surface area (Å²) in [6.45, 7) is 2.49. The van der Waals surface area contributed by atoms with E-state index in [9.17, 15) is 14.9 Å². The summed E-state index contributed by atoms with van der Waals surface area (Å²) in [6, 6.07) is 13.0. The van der Waals surface area contributed by atoms with Crippen molar-refractivity contribution in [2.45, 2.75) is 23.5 Å². The molecule has 2 aromatic carbocycles. The van der Waals surface area contributed by atoms with E-state index in [0.29, 0.717) is 33.0 Å². The third-order valence-electron chi connectivity index (χ3n) is 4.21. The Labute approximate surface area is 186 Å². The first-order valence-electron chi connectivity index (χ1n) is 8.91. The number of hydrogen-bond donors (Lipinski definition) is 1. The molecule has 0 bridgehead atoms. The molecular formula is C20H15ClN6O3S. The highest BCUT2D eigenvalue weighted by molar-refractivity contribution is 7.99. The molecule has 3 aromatic rings. The van der Waals surface area contributed by atoms with Crippen LogP contribution >= 0.6 is 23.4 Å². The maximum Gasteiger partial charge on any atom is 0.270 e. The van der Waals surface area contributed by atoms with Gasteiger partial charge in [0.1, 0.15) is 11.6 Å². The number of carbonyl (C=O) groups is 1. The van der Waals surface area contributed by atoms with Crippen molar-refractivity contribution in [2.75, 3.05) is 0 Å². The third-order valence-corrected chi connectivity index (χ3v) is 5.52. The van der Waals surface area contributed by atoms with Gasteiger partial charge in [-0.05, 0) is 48.5 Å². The Kier molecular flexibility index (Phi) is 6.69. The molecular weight excluding hydrogens is 440 g/mol. The van der Waals surface area contributed by atoms with Crippen LogP contribution in [0.15, 0.2) is 58.1 Å². The van der Waals surface area contributed by atoms with E-state index in [1.165, 1.54) is 36.0 Å². The first-order chi connectivity index (χ1) is 14.8. The first kappa shape index (κ1) is 22.0. The van der Waals surface area contributed by atoms with Crippen LogP contribution in [0.25, 0.3) is 17.5 Å². The molecule has 0 aliphatic heterocycles. The number of amides is 1. The fraction of sp³-hybridized carbons (Fsp3) is 0.100. The van der Waals surface area contributed by atoms with Crippen LogP contribution < -0.4 is 5.73 Å². The molecule has 9 nitrogen and oxygen atoms in total. The maximum absolute atomic E-state index is 11.5. The molecule has 0 spiro atoms. The standard InChI is InChI=1S/C20H15ClN6O3S/c1-2-26-19(12-4-3-5-15(21)9-12)24-25-20(26)31-17-7-6-16(27(29)30)10-13(17)8-14(11-22)18(23)28/h3-10H,2H2,1H3,(H2,23,28)/b14-8+. The number of carbonyl (C=O) groups excluding carboxylic acids is 1. The van der Waals surface area contributed by atoms with Crippen LogP contribution in [0.4, 0.5) is 5.69 Å². The molecule has 2 N–H and O–H groups in total. The molecule has 1 heterocycles. The minimum Gasteiger partial charge on any atom is -0.365 e. The van der Waals surface area contributed by atoms with Crippen LogP contribution in [0.2, 0.25) is 5.02 Å². The van der Waals surface area contributed by atoms with E-state index in [-0.39, 0.29) is 11.3 Å². The van der Waals surface area contributed by atoms with Gasteiger partial charge in [0.2, 0.25) is 0 Å². The number of nitrogens with two attached hydrogens (primary N) is 1. The van der Waals surface area contributed by atoms with E-state index in [0.717, 1.165) is 5.56 Å². The van der Waals surface area contributed by atoms with Crippen LogP contribution in [0.3, 0.4) is 0 Å². The number of non-ortho nitro benzene ring substituents is 1. The van der Waals surface area contributed by atoms with Crippen LogP contribution in [0.5, 0.6) is 0 Å². The summed E-state index contributed by atoms with van der Waals surface area (Å²) in [5.74, 6) is -0.314. The van der Waals surface area contributed by atoms with Crippen LogP contribution in [0, 0.1) is 21.4 Å². The van der Waals surface area contributed by atoms with E-state index in [1.807, 2.05) is 23.6 Å². The summed E-state index contributed by atoms with van der Waals surface area (Å²) in [6.07, 6.45) is 1.22. The Morgan fingerprint density at radius 1 is 1.35 bits per heavy atom. The minimum atomic E-state index is -0.926. The SMILES string of the molecule is CCn1c(Sc2ccc([N+](=O)[O-])cc2/C=C(\C#N)C(N)=O)nnc1-c1cccc(Cl)c1. The number of halogens is 1. The van der Waals surface area contributed by atoms with Gasteiger partial charge >= 0.3 is 0 Å². The zero-order chi connectivity index (χ0) is 22.5. The van der Waals surface area contributed by atoms with Crippen LogP contribution in [-0.4, -0.2) is 25.6 Å². The van der Waals surface area contributed by atoms with Crippen LogP contribution in [0.1, 0.15) is 12.5 Å². The van der Waals surface area contributed by atoms with E-state index in [1.54, 1.807) is 18.2 Å². The number of benzene rings is 2. The Morgan fingerprint density at radius 2 is 2.13 bits per heavy atom. The predicted molar refractivity (Wildman–Crippen MR) is 116 cm³/mol. The van der Waals surface area contributed by atoms with E-state index in [2.05, 4.69) is 10.2 Å². The van der Waals surface area contributed by atoms with Gasteiger partial charge in [-0.3, -0.25) is 14.9 Å². The lowest BCUT2D eigenvalue weighted by atomic mass is 10.1. The lowest BCUT2D eigenvalue weighted by Gasteiger charge is -2.09. The summed E-state index contributed by atoms with van der Waals surface area (Å²) in [7, 11) is 0. The molecule has 31 heavy (non-hydrogen) atoms. The molecule has 0 atom stereocenters. The summed E-state index contributed by atoms with van der Waals surface area (Å²) < 4.78 is 1.87.